The van der Waals surface area contributed by atoms with Crippen LogP contribution in [0.2, 0.25) is 0 Å². The maximum atomic E-state index is 11.9. The fourth-order valence-corrected chi connectivity index (χ4v) is 1.98. The minimum Gasteiger partial charge on any atom is -0.428 e. The van der Waals surface area contributed by atoms with E-state index in [1.807, 2.05) is 6.92 Å². The Balaban J connectivity index is 2.01. The third kappa shape index (κ3) is 2.41. The number of likely N-dealkylation sites (tertiary alicyclic amines) is 1. The summed E-state index contributed by atoms with van der Waals surface area (Å²) in [6, 6.07) is -0.136. The number of carbonyl (C=O) groups excluding carboxylic acids is 1. The lowest BCUT2D eigenvalue weighted by molar-refractivity contribution is 0.166. The van der Waals surface area contributed by atoms with Crippen LogP contribution in [0.25, 0.3) is 0 Å². The van der Waals surface area contributed by atoms with E-state index in [4.69, 9.17) is 9.52 Å². The van der Waals surface area contributed by atoms with Crippen LogP contribution in [0.5, 0.6) is 0 Å². The summed E-state index contributed by atoms with van der Waals surface area (Å²) in [6.07, 6.45) is 1.76. The maximum Gasteiger partial charge on any atom is 0.325 e. The second-order valence-corrected chi connectivity index (χ2v) is 4.26. The molecule has 2 N–H and O–H groups in total. The smallest absolute Gasteiger partial charge is 0.325 e. The fourth-order valence-electron chi connectivity index (χ4n) is 1.98. The third-order valence-corrected chi connectivity index (χ3v) is 3.09. The summed E-state index contributed by atoms with van der Waals surface area (Å²) in [5.41, 5.74) is 0.764. The van der Waals surface area contributed by atoms with Gasteiger partial charge in [0.15, 0.2) is 0 Å². The van der Waals surface area contributed by atoms with Crippen LogP contribution >= 0.6 is 0 Å². The highest BCUT2D eigenvalue weighted by molar-refractivity contribution is 5.87. The summed E-state index contributed by atoms with van der Waals surface area (Å²) in [6.45, 7) is 4.28. The van der Waals surface area contributed by atoms with Gasteiger partial charge in [0.1, 0.15) is 5.76 Å². The van der Waals surface area contributed by atoms with Crippen LogP contribution < -0.4 is 5.32 Å². The normalized spacial score (nSPS) is 19.7. The molecule has 1 aliphatic rings. The molecule has 0 saturated carbocycles. The Labute approximate surface area is 99.6 Å². The van der Waals surface area contributed by atoms with E-state index in [-0.39, 0.29) is 24.7 Å². The zero-order valence-electron chi connectivity index (χ0n) is 10.1. The molecule has 1 saturated heterocycles. The highest BCUT2D eigenvalue weighted by Crippen LogP contribution is 2.19. The van der Waals surface area contributed by atoms with Gasteiger partial charge in [0, 0.05) is 6.54 Å². The first kappa shape index (κ1) is 11.9. The van der Waals surface area contributed by atoms with Gasteiger partial charge in [0.2, 0.25) is 0 Å². The van der Waals surface area contributed by atoms with Gasteiger partial charge in [-0.05, 0) is 26.7 Å². The number of urea groups is 1. The van der Waals surface area contributed by atoms with E-state index in [9.17, 15) is 4.79 Å². The SMILES string of the molecule is Cc1nc(NC(=O)N2CCC[C@@H]2CO)oc1C. The zero-order valence-corrected chi connectivity index (χ0v) is 10.1. The van der Waals surface area contributed by atoms with Crippen molar-refractivity contribution < 1.29 is 14.3 Å². The number of aromatic nitrogens is 1. The molecule has 0 unspecified atom stereocenters. The molecule has 94 valence electrons. The van der Waals surface area contributed by atoms with Gasteiger partial charge in [-0.15, -0.1) is 0 Å². The summed E-state index contributed by atoms with van der Waals surface area (Å²) < 4.78 is 5.28. The molecule has 1 atom stereocenters. The molecule has 1 aromatic heterocycles. The van der Waals surface area contributed by atoms with Gasteiger partial charge in [-0.25, -0.2) is 4.79 Å². The Kier molecular flexibility index (Phi) is 3.33. The number of nitrogens with one attached hydrogen (secondary N) is 1. The van der Waals surface area contributed by atoms with Gasteiger partial charge >= 0.3 is 12.0 Å². The minimum atomic E-state index is -0.261. The number of hydrogen-bond donors (Lipinski definition) is 2. The van der Waals surface area contributed by atoms with Gasteiger partial charge in [-0.3, -0.25) is 5.32 Å². The number of amides is 2. The molecule has 6 nitrogen and oxygen atoms in total. The first-order valence-corrected chi connectivity index (χ1v) is 5.74. The summed E-state index contributed by atoms with van der Waals surface area (Å²) in [7, 11) is 0. The summed E-state index contributed by atoms with van der Waals surface area (Å²) in [5.74, 6) is 0.695. The van der Waals surface area contributed by atoms with Gasteiger partial charge in [-0.1, -0.05) is 0 Å². The second kappa shape index (κ2) is 4.75. The molecule has 2 amide bonds. The van der Waals surface area contributed by atoms with Crippen molar-refractivity contribution in [2.24, 2.45) is 0 Å². The number of nitrogens with zero attached hydrogens (tertiary/aromatic N) is 2. The fraction of sp³-hybridized carbons (Fsp3) is 0.636. The maximum absolute atomic E-state index is 11.9. The van der Waals surface area contributed by atoms with Gasteiger partial charge in [0.25, 0.3) is 0 Å². The molecular weight excluding hydrogens is 222 g/mol. The van der Waals surface area contributed by atoms with Crippen molar-refractivity contribution >= 4 is 12.0 Å². The van der Waals surface area contributed by atoms with Crippen LogP contribution in [0.1, 0.15) is 24.3 Å². The van der Waals surface area contributed by atoms with Crippen molar-refractivity contribution in [3.63, 3.8) is 0 Å². The summed E-state index contributed by atoms with van der Waals surface area (Å²) in [5, 5.41) is 11.7. The van der Waals surface area contributed by atoms with Crippen molar-refractivity contribution in [1.82, 2.24) is 9.88 Å². The molecule has 2 rings (SSSR count). The van der Waals surface area contributed by atoms with Crippen LogP contribution in [-0.4, -0.2) is 40.2 Å². The number of hydrogen-bond acceptors (Lipinski definition) is 4. The molecule has 2 heterocycles. The molecule has 1 fully saturated rings. The van der Waals surface area contributed by atoms with Crippen LogP contribution in [0.15, 0.2) is 4.42 Å². The van der Waals surface area contributed by atoms with Crippen LogP contribution in [0, 0.1) is 13.8 Å². The van der Waals surface area contributed by atoms with E-state index in [0.717, 1.165) is 18.5 Å². The second-order valence-electron chi connectivity index (χ2n) is 4.26. The van der Waals surface area contributed by atoms with Crippen molar-refractivity contribution in [3.8, 4) is 0 Å². The molecule has 1 aromatic rings. The Morgan fingerprint density at radius 1 is 1.65 bits per heavy atom. The Morgan fingerprint density at radius 2 is 2.41 bits per heavy atom. The Hall–Kier alpha value is -1.56. The number of aliphatic hydroxyl groups excluding tert-OH is 1. The predicted molar refractivity (Wildman–Crippen MR) is 61.8 cm³/mol. The standard InChI is InChI=1S/C11H17N3O3/c1-7-8(2)17-10(12-7)13-11(16)14-5-3-4-9(14)6-15/h9,15H,3-6H2,1-2H3,(H,12,13,16)/t9-/m1/s1. The molecule has 0 spiro atoms. The van der Waals surface area contributed by atoms with E-state index in [2.05, 4.69) is 10.3 Å². The largest absolute Gasteiger partial charge is 0.428 e. The Bertz CT molecular complexity index is 397. The van der Waals surface area contributed by atoms with E-state index < -0.39 is 0 Å². The first-order chi connectivity index (χ1) is 8.11. The van der Waals surface area contributed by atoms with Crippen molar-refractivity contribution in [2.75, 3.05) is 18.5 Å². The van der Waals surface area contributed by atoms with Crippen LogP contribution in [-0.2, 0) is 0 Å². The molecule has 0 aliphatic carbocycles. The lowest BCUT2D eigenvalue weighted by atomic mass is 10.2. The summed E-state index contributed by atoms with van der Waals surface area (Å²) >= 11 is 0. The number of oxazole rings is 1. The lowest BCUT2D eigenvalue weighted by Gasteiger charge is -2.22. The van der Waals surface area contributed by atoms with Crippen molar-refractivity contribution in [1.29, 1.82) is 0 Å². The van der Waals surface area contributed by atoms with Crippen molar-refractivity contribution in [3.05, 3.63) is 11.5 Å². The molecule has 17 heavy (non-hydrogen) atoms. The lowest BCUT2D eigenvalue weighted by Crippen LogP contribution is -2.40. The zero-order chi connectivity index (χ0) is 12.4. The highest BCUT2D eigenvalue weighted by atomic mass is 16.4. The number of aryl methyl sites for hydroxylation is 2. The van der Waals surface area contributed by atoms with E-state index in [1.54, 1.807) is 11.8 Å². The van der Waals surface area contributed by atoms with Gasteiger partial charge in [-0.2, -0.15) is 4.98 Å². The first-order valence-electron chi connectivity index (χ1n) is 5.74. The average molecular weight is 239 g/mol. The molecule has 6 heteroatoms. The number of anilines is 1. The van der Waals surface area contributed by atoms with Gasteiger partial charge < -0.3 is 14.4 Å². The summed E-state index contributed by atoms with van der Waals surface area (Å²) in [4.78, 5) is 17.6. The predicted octanol–water partition coefficient (Wildman–Crippen LogP) is 1.28. The molecule has 0 aromatic carbocycles. The third-order valence-electron chi connectivity index (χ3n) is 3.09. The van der Waals surface area contributed by atoms with E-state index in [0.29, 0.717) is 12.3 Å². The topological polar surface area (TPSA) is 78.6 Å². The van der Waals surface area contributed by atoms with Crippen LogP contribution in [0.4, 0.5) is 10.8 Å². The van der Waals surface area contributed by atoms with Crippen molar-refractivity contribution in [2.45, 2.75) is 32.7 Å². The molecule has 0 bridgehead atoms. The number of aliphatic hydroxyl groups is 1. The monoisotopic (exact) mass is 239 g/mol. The number of carbonyl (C=O) groups is 1. The average Bonchev–Trinajstić information content (AvgIpc) is 2.86. The number of rotatable bonds is 2. The van der Waals surface area contributed by atoms with Crippen LogP contribution in [0.3, 0.4) is 0 Å². The molecule has 1 aliphatic heterocycles. The van der Waals surface area contributed by atoms with E-state index in [1.165, 1.54) is 0 Å². The Morgan fingerprint density at radius 3 is 3.00 bits per heavy atom. The molecule has 0 radical (unpaired) electrons. The minimum absolute atomic E-state index is 0.00292. The van der Waals surface area contributed by atoms with E-state index >= 15 is 0 Å². The molecular formula is C11H17N3O3. The highest BCUT2D eigenvalue weighted by Gasteiger charge is 2.28. The quantitative estimate of drug-likeness (QED) is 0.814. The van der Waals surface area contributed by atoms with Gasteiger partial charge in [0.05, 0.1) is 18.3 Å².